The van der Waals surface area contributed by atoms with E-state index in [-0.39, 0.29) is 23.9 Å². The molecule has 3 rings (SSSR count). The van der Waals surface area contributed by atoms with Crippen molar-refractivity contribution in [3.05, 3.63) is 59.4 Å². The number of nitriles is 1. The first kappa shape index (κ1) is 20.5. The summed E-state index contributed by atoms with van der Waals surface area (Å²) < 4.78 is 13.5. The second kappa shape index (κ2) is 8.84. The Morgan fingerprint density at radius 3 is 2.55 bits per heavy atom. The van der Waals surface area contributed by atoms with Gasteiger partial charge in [0.05, 0.1) is 11.6 Å². The monoisotopic (exact) mass is 395 g/mol. The third-order valence-electron chi connectivity index (χ3n) is 5.25. The number of amides is 1. The molecule has 2 N–H and O–H groups in total. The third-order valence-corrected chi connectivity index (χ3v) is 5.25. The second-order valence-electron chi connectivity index (χ2n) is 7.25. The number of likely N-dealkylation sites (tertiary alicyclic amines) is 1. The molecule has 0 aliphatic carbocycles. The van der Waals surface area contributed by atoms with Gasteiger partial charge in [-0.25, -0.2) is 9.18 Å². The van der Waals surface area contributed by atoms with Crippen LogP contribution in [-0.2, 0) is 16.0 Å². The first-order valence-electron chi connectivity index (χ1n) is 9.41. The van der Waals surface area contributed by atoms with Crippen molar-refractivity contribution in [2.45, 2.75) is 31.3 Å². The standard InChI is InChI=1S/C22H22FN3O3/c1-26-10-2-3-20(26)21(27)25-19(22(28)29)11-14-4-6-15(7-5-14)16-8-9-18(23)17(12-16)13-24/h4-9,12,19-20H,2-3,10-11H2,1H3,(H,25,27)(H,28,29)/t19-,20-/m0/s1. The predicted octanol–water partition coefficient (Wildman–Crippen LogP) is 2.57. The molecule has 29 heavy (non-hydrogen) atoms. The lowest BCUT2D eigenvalue weighted by atomic mass is 9.99. The molecule has 0 unspecified atom stereocenters. The number of benzene rings is 2. The topological polar surface area (TPSA) is 93.4 Å². The van der Waals surface area contributed by atoms with Gasteiger partial charge in [-0.15, -0.1) is 0 Å². The number of aliphatic carboxylic acids is 1. The molecule has 2 aromatic rings. The molecule has 0 radical (unpaired) electrons. The largest absolute Gasteiger partial charge is 0.480 e. The summed E-state index contributed by atoms with van der Waals surface area (Å²) in [6.45, 7) is 0.828. The van der Waals surface area contributed by atoms with Gasteiger partial charge in [-0.3, -0.25) is 9.69 Å². The highest BCUT2D eigenvalue weighted by Crippen LogP contribution is 2.23. The molecule has 1 aliphatic heterocycles. The number of hydrogen-bond acceptors (Lipinski definition) is 4. The number of nitrogens with one attached hydrogen (secondary N) is 1. The lowest BCUT2D eigenvalue weighted by Gasteiger charge is -2.22. The minimum atomic E-state index is -1.08. The lowest BCUT2D eigenvalue weighted by molar-refractivity contribution is -0.142. The molecule has 0 aromatic heterocycles. The molecule has 0 bridgehead atoms. The number of likely N-dealkylation sites (N-methyl/N-ethyl adjacent to an activating group) is 1. The van der Waals surface area contributed by atoms with E-state index in [0.717, 1.165) is 30.5 Å². The van der Waals surface area contributed by atoms with Crippen LogP contribution in [0.4, 0.5) is 4.39 Å². The highest BCUT2D eigenvalue weighted by atomic mass is 19.1. The Hall–Kier alpha value is -3.24. The minimum absolute atomic E-state index is 0.0305. The average molecular weight is 395 g/mol. The van der Waals surface area contributed by atoms with Gasteiger partial charge in [-0.1, -0.05) is 30.3 Å². The van der Waals surface area contributed by atoms with Gasteiger partial charge < -0.3 is 10.4 Å². The van der Waals surface area contributed by atoms with Crippen molar-refractivity contribution in [1.82, 2.24) is 10.2 Å². The van der Waals surface area contributed by atoms with Crippen LogP contribution in [0.2, 0.25) is 0 Å². The van der Waals surface area contributed by atoms with E-state index in [9.17, 15) is 19.1 Å². The van der Waals surface area contributed by atoms with Crippen LogP contribution in [-0.4, -0.2) is 47.6 Å². The van der Waals surface area contributed by atoms with Crippen LogP contribution >= 0.6 is 0 Å². The van der Waals surface area contributed by atoms with E-state index in [1.54, 1.807) is 30.3 Å². The van der Waals surface area contributed by atoms with Gasteiger partial charge in [-0.05, 0) is 55.3 Å². The molecule has 7 heteroatoms. The average Bonchev–Trinajstić information content (AvgIpc) is 3.14. The maximum Gasteiger partial charge on any atom is 0.326 e. The van der Waals surface area contributed by atoms with E-state index >= 15 is 0 Å². The first-order chi connectivity index (χ1) is 13.9. The minimum Gasteiger partial charge on any atom is -0.480 e. The number of carbonyl (C=O) groups is 2. The van der Waals surface area contributed by atoms with Crippen molar-refractivity contribution in [2.24, 2.45) is 0 Å². The van der Waals surface area contributed by atoms with E-state index in [1.807, 2.05) is 18.0 Å². The number of nitrogens with zero attached hydrogens (tertiary/aromatic N) is 2. The van der Waals surface area contributed by atoms with Crippen LogP contribution in [0.15, 0.2) is 42.5 Å². The Bertz CT molecular complexity index is 953. The fourth-order valence-corrected chi connectivity index (χ4v) is 3.57. The summed E-state index contributed by atoms with van der Waals surface area (Å²) in [5, 5.41) is 21.1. The maximum absolute atomic E-state index is 13.5. The summed E-state index contributed by atoms with van der Waals surface area (Å²) in [4.78, 5) is 26.0. The van der Waals surface area contributed by atoms with Gasteiger partial charge in [0.1, 0.15) is 17.9 Å². The van der Waals surface area contributed by atoms with E-state index in [2.05, 4.69) is 5.32 Å². The molecule has 1 fully saturated rings. The summed E-state index contributed by atoms with van der Waals surface area (Å²) in [5.74, 6) is -1.91. The zero-order chi connectivity index (χ0) is 21.0. The van der Waals surface area contributed by atoms with Crippen molar-refractivity contribution in [1.29, 1.82) is 5.26 Å². The summed E-state index contributed by atoms with van der Waals surface area (Å²) in [6, 6.07) is 11.9. The Morgan fingerprint density at radius 2 is 1.97 bits per heavy atom. The van der Waals surface area contributed by atoms with E-state index in [4.69, 9.17) is 5.26 Å². The van der Waals surface area contributed by atoms with Gasteiger partial charge >= 0.3 is 5.97 Å². The fourth-order valence-electron chi connectivity index (χ4n) is 3.57. The number of carbonyl (C=O) groups excluding carboxylic acids is 1. The van der Waals surface area contributed by atoms with Crippen molar-refractivity contribution < 1.29 is 19.1 Å². The zero-order valence-electron chi connectivity index (χ0n) is 16.1. The van der Waals surface area contributed by atoms with Crippen LogP contribution in [0.1, 0.15) is 24.0 Å². The number of carboxylic acids is 1. The van der Waals surface area contributed by atoms with Crippen molar-refractivity contribution in [3.63, 3.8) is 0 Å². The van der Waals surface area contributed by atoms with Crippen LogP contribution in [0.3, 0.4) is 0 Å². The second-order valence-corrected chi connectivity index (χ2v) is 7.25. The molecular formula is C22H22FN3O3. The van der Waals surface area contributed by atoms with Gasteiger partial charge in [0, 0.05) is 6.42 Å². The van der Waals surface area contributed by atoms with Crippen LogP contribution in [0.5, 0.6) is 0 Å². The number of halogens is 1. The summed E-state index contributed by atoms with van der Waals surface area (Å²) in [6.07, 6.45) is 1.81. The maximum atomic E-state index is 13.5. The molecule has 0 spiro atoms. The first-order valence-corrected chi connectivity index (χ1v) is 9.41. The molecule has 2 aromatic carbocycles. The molecule has 150 valence electrons. The van der Waals surface area contributed by atoms with Crippen molar-refractivity contribution >= 4 is 11.9 Å². The molecular weight excluding hydrogens is 373 g/mol. The Kier molecular flexibility index (Phi) is 6.25. The van der Waals surface area contributed by atoms with Crippen LogP contribution < -0.4 is 5.32 Å². The molecule has 6 nitrogen and oxygen atoms in total. The van der Waals surface area contributed by atoms with E-state index < -0.39 is 17.8 Å². The highest BCUT2D eigenvalue weighted by Gasteiger charge is 2.30. The predicted molar refractivity (Wildman–Crippen MR) is 105 cm³/mol. The fraction of sp³-hybridized carbons (Fsp3) is 0.318. The van der Waals surface area contributed by atoms with Crippen molar-refractivity contribution in [2.75, 3.05) is 13.6 Å². The molecule has 1 heterocycles. The van der Waals surface area contributed by atoms with Crippen LogP contribution in [0, 0.1) is 17.1 Å². The third kappa shape index (κ3) is 4.79. The van der Waals surface area contributed by atoms with Gasteiger partial charge in [0.15, 0.2) is 0 Å². The normalized spacial score (nSPS) is 17.5. The SMILES string of the molecule is CN1CCC[C@H]1C(=O)N[C@@H](Cc1ccc(-c2ccc(F)c(C#N)c2)cc1)C(=O)O. The summed E-state index contributed by atoms with van der Waals surface area (Å²) >= 11 is 0. The van der Waals surface area contributed by atoms with Crippen molar-refractivity contribution in [3.8, 4) is 17.2 Å². The molecule has 2 atom stereocenters. The van der Waals surface area contributed by atoms with Gasteiger partial charge in [-0.2, -0.15) is 5.26 Å². The Morgan fingerprint density at radius 1 is 1.28 bits per heavy atom. The van der Waals surface area contributed by atoms with E-state index in [0.29, 0.717) is 5.56 Å². The molecule has 1 aliphatic rings. The van der Waals surface area contributed by atoms with E-state index in [1.165, 1.54) is 12.1 Å². The summed E-state index contributed by atoms with van der Waals surface area (Å²) in [7, 11) is 1.86. The Balaban J connectivity index is 1.70. The molecule has 0 saturated carbocycles. The summed E-state index contributed by atoms with van der Waals surface area (Å²) in [5.41, 5.74) is 2.21. The number of rotatable bonds is 6. The number of carboxylic acid groups (broad SMARTS) is 1. The molecule has 1 saturated heterocycles. The lowest BCUT2D eigenvalue weighted by Crippen LogP contribution is -2.49. The number of hydrogen-bond donors (Lipinski definition) is 2. The smallest absolute Gasteiger partial charge is 0.326 e. The zero-order valence-corrected chi connectivity index (χ0v) is 16.1. The Labute approximate surface area is 168 Å². The van der Waals surface area contributed by atoms with Gasteiger partial charge in [0.25, 0.3) is 0 Å². The van der Waals surface area contributed by atoms with Crippen LogP contribution in [0.25, 0.3) is 11.1 Å². The quantitative estimate of drug-likeness (QED) is 0.784. The van der Waals surface area contributed by atoms with Gasteiger partial charge in [0.2, 0.25) is 5.91 Å². The molecule has 1 amide bonds. The highest BCUT2D eigenvalue weighted by molar-refractivity contribution is 5.87.